The number of nitrogens with one attached hydrogen (secondary N) is 1. The zero-order chi connectivity index (χ0) is 15.5. The van der Waals surface area contributed by atoms with E-state index < -0.39 is 17.8 Å². The largest absolute Gasteiger partial charge is 0.416 e. The van der Waals surface area contributed by atoms with E-state index in [-0.39, 0.29) is 12.1 Å². The zero-order valence-corrected chi connectivity index (χ0v) is 11.6. The summed E-state index contributed by atoms with van der Waals surface area (Å²) < 4.78 is 37.8. The molecule has 0 aliphatic heterocycles. The Morgan fingerprint density at radius 3 is 2.38 bits per heavy atom. The molecule has 2 aromatic carbocycles. The smallest absolute Gasteiger partial charge is 0.387 e. The van der Waals surface area contributed by atoms with Gasteiger partial charge in [-0.3, -0.25) is 0 Å². The van der Waals surface area contributed by atoms with Gasteiger partial charge in [-0.2, -0.15) is 13.2 Å². The van der Waals surface area contributed by atoms with Crippen LogP contribution in [0.5, 0.6) is 0 Å². The predicted octanol–water partition coefficient (Wildman–Crippen LogP) is 4.50. The Kier molecular flexibility index (Phi) is 4.75. The van der Waals surface area contributed by atoms with Gasteiger partial charge in [0.2, 0.25) is 0 Å². The van der Waals surface area contributed by atoms with E-state index in [0.29, 0.717) is 5.02 Å². The first-order valence-corrected chi connectivity index (χ1v) is 6.59. The van der Waals surface area contributed by atoms with Crippen molar-refractivity contribution in [3.05, 3.63) is 64.7 Å². The number of halogens is 4. The summed E-state index contributed by atoms with van der Waals surface area (Å²) in [6.45, 7) is 0.100. The third kappa shape index (κ3) is 4.37. The molecule has 2 N–H and O–H groups in total. The lowest BCUT2D eigenvalue weighted by atomic mass is 10.1. The second kappa shape index (κ2) is 6.37. The molecule has 6 heteroatoms. The molecule has 0 aliphatic rings. The number of aliphatic hydroxyl groups excluding tert-OH is 1. The van der Waals surface area contributed by atoms with Crippen LogP contribution >= 0.6 is 11.6 Å². The highest BCUT2D eigenvalue weighted by molar-refractivity contribution is 6.30. The topological polar surface area (TPSA) is 32.3 Å². The van der Waals surface area contributed by atoms with Gasteiger partial charge in [0.15, 0.2) is 0 Å². The van der Waals surface area contributed by atoms with Crippen LogP contribution in [0.4, 0.5) is 18.9 Å². The molecule has 0 bridgehead atoms. The van der Waals surface area contributed by atoms with Crippen LogP contribution in [0, 0.1) is 0 Å². The van der Waals surface area contributed by atoms with Crippen LogP contribution in [0.2, 0.25) is 5.02 Å². The number of hydrogen-bond acceptors (Lipinski definition) is 2. The minimum atomic E-state index is -4.42. The molecule has 0 heterocycles. The fourth-order valence-corrected chi connectivity index (χ4v) is 1.95. The fourth-order valence-electron chi connectivity index (χ4n) is 1.82. The SMILES string of the molecule is OC(CNc1ccc(Cl)cc1)c1cccc(C(F)(F)F)c1. The third-order valence-corrected chi connectivity index (χ3v) is 3.19. The van der Waals surface area contributed by atoms with Crippen molar-refractivity contribution < 1.29 is 18.3 Å². The number of benzene rings is 2. The van der Waals surface area contributed by atoms with Gasteiger partial charge in [-0.25, -0.2) is 0 Å². The number of aliphatic hydroxyl groups is 1. The van der Waals surface area contributed by atoms with E-state index in [0.717, 1.165) is 17.8 Å². The van der Waals surface area contributed by atoms with Gasteiger partial charge >= 0.3 is 6.18 Å². The van der Waals surface area contributed by atoms with E-state index >= 15 is 0 Å². The van der Waals surface area contributed by atoms with Gasteiger partial charge in [-0.05, 0) is 42.0 Å². The summed E-state index contributed by atoms with van der Waals surface area (Å²) in [6, 6.07) is 11.5. The lowest BCUT2D eigenvalue weighted by Gasteiger charge is -2.15. The van der Waals surface area contributed by atoms with E-state index in [1.54, 1.807) is 24.3 Å². The predicted molar refractivity (Wildman–Crippen MR) is 76.3 cm³/mol. The van der Waals surface area contributed by atoms with E-state index in [2.05, 4.69) is 5.32 Å². The average Bonchev–Trinajstić information content (AvgIpc) is 2.45. The summed E-state index contributed by atoms with van der Waals surface area (Å²) in [5.41, 5.74) is 0.169. The van der Waals surface area contributed by atoms with E-state index in [9.17, 15) is 18.3 Å². The number of hydrogen-bond donors (Lipinski definition) is 2. The van der Waals surface area contributed by atoms with Crippen molar-refractivity contribution >= 4 is 17.3 Å². The minimum absolute atomic E-state index is 0.100. The van der Waals surface area contributed by atoms with Crippen molar-refractivity contribution in [2.75, 3.05) is 11.9 Å². The third-order valence-electron chi connectivity index (χ3n) is 2.94. The van der Waals surface area contributed by atoms with Crippen LogP contribution in [0.25, 0.3) is 0 Å². The van der Waals surface area contributed by atoms with Crippen molar-refractivity contribution in [2.45, 2.75) is 12.3 Å². The Morgan fingerprint density at radius 2 is 1.76 bits per heavy atom. The van der Waals surface area contributed by atoms with Crippen LogP contribution in [-0.2, 0) is 6.18 Å². The molecule has 1 atom stereocenters. The molecule has 0 spiro atoms. The Balaban J connectivity index is 2.03. The first-order chi connectivity index (χ1) is 9.86. The van der Waals surface area contributed by atoms with Crippen LogP contribution in [-0.4, -0.2) is 11.7 Å². The highest BCUT2D eigenvalue weighted by Crippen LogP contribution is 2.30. The average molecular weight is 316 g/mol. The number of anilines is 1. The Hall–Kier alpha value is -1.72. The molecular weight excluding hydrogens is 303 g/mol. The molecule has 0 saturated heterocycles. The van der Waals surface area contributed by atoms with Crippen LogP contribution in [0.15, 0.2) is 48.5 Å². The number of rotatable bonds is 4. The highest BCUT2D eigenvalue weighted by Gasteiger charge is 2.30. The second-order valence-electron chi connectivity index (χ2n) is 4.53. The standard InChI is InChI=1S/C15H13ClF3NO/c16-12-4-6-13(7-5-12)20-9-14(21)10-2-1-3-11(8-10)15(17,18)19/h1-8,14,20-21H,9H2. The highest BCUT2D eigenvalue weighted by atomic mass is 35.5. The molecule has 21 heavy (non-hydrogen) atoms. The molecule has 2 aromatic rings. The van der Waals surface area contributed by atoms with Crippen LogP contribution < -0.4 is 5.32 Å². The van der Waals surface area contributed by atoms with Crippen LogP contribution in [0.1, 0.15) is 17.2 Å². The maximum absolute atomic E-state index is 12.6. The van der Waals surface area contributed by atoms with Crippen molar-refractivity contribution in [2.24, 2.45) is 0 Å². The molecule has 0 fully saturated rings. The van der Waals surface area contributed by atoms with Crippen molar-refractivity contribution in [1.82, 2.24) is 0 Å². The van der Waals surface area contributed by atoms with Gasteiger partial charge in [-0.1, -0.05) is 23.7 Å². The van der Waals surface area contributed by atoms with E-state index in [4.69, 9.17) is 11.6 Å². The Morgan fingerprint density at radius 1 is 1.10 bits per heavy atom. The maximum atomic E-state index is 12.6. The van der Waals surface area contributed by atoms with Crippen molar-refractivity contribution in [3.63, 3.8) is 0 Å². The summed E-state index contributed by atoms with van der Waals surface area (Å²) in [6.07, 6.45) is -5.46. The second-order valence-corrected chi connectivity index (χ2v) is 4.96. The van der Waals surface area contributed by atoms with Gasteiger partial charge in [0.1, 0.15) is 0 Å². The van der Waals surface area contributed by atoms with Gasteiger partial charge in [0.25, 0.3) is 0 Å². The summed E-state index contributed by atoms with van der Waals surface area (Å²) >= 11 is 5.75. The summed E-state index contributed by atoms with van der Waals surface area (Å²) in [5, 5.41) is 13.5. The molecule has 112 valence electrons. The molecule has 0 aliphatic carbocycles. The number of alkyl halides is 3. The lowest BCUT2D eigenvalue weighted by molar-refractivity contribution is -0.137. The van der Waals surface area contributed by atoms with E-state index in [1.165, 1.54) is 12.1 Å². The molecule has 1 unspecified atom stereocenters. The molecule has 2 nitrogen and oxygen atoms in total. The van der Waals surface area contributed by atoms with Crippen molar-refractivity contribution in [3.8, 4) is 0 Å². The van der Waals surface area contributed by atoms with Crippen LogP contribution in [0.3, 0.4) is 0 Å². The summed E-state index contributed by atoms with van der Waals surface area (Å²) in [7, 11) is 0. The van der Waals surface area contributed by atoms with E-state index in [1.807, 2.05) is 0 Å². The van der Waals surface area contributed by atoms with Gasteiger partial charge in [0.05, 0.1) is 11.7 Å². The Bertz CT molecular complexity index is 599. The fraction of sp³-hybridized carbons (Fsp3) is 0.200. The monoisotopic (exact) mass is 315 g/mol. The van der Waals surface area contributed by atoms with Gasteiger partial charge in [-0.15, -0.1) is 0 Å². The molecule has 0 amide bonds. The molecular formula is C15H13ClF3NO. The quantitative estimate of drug-likeness (QED) is 0.870. The molecule has 2 rings (SSSR count). The maximum Gasteiger partial charge on any atom is 0.416 e. The zero-order valence-electron chi connectivity index (χ0n) is 10.9. The first kappa shape index (κ1) is 15.7. The molecule has 0 aromatic heterocycles. The van der Waals surface area contributed by atoms with Gasteiger partial charge in [0, 0.05) is 17.3 Å². The molecule has 0 radical (unpaired) electrons. The molecule has 0 saturated carbocycles. The first-order valence-electron chi connectivity index (χ1n) is 6.21. The minimum Gasteiger partial charge on any atom is -0.387 e. The Labute approximate surface area is 125 Å². The van der Waals surface area contributed by atoms with Gasteiger partial charge < -0.3 is 10.4 Å². The van der Waals surface area contributed by atoms with Crippen molar-refractivity contribution in [1.29, 1.82) is 0 Å². The normalized spacial score (nSPS) is 13.0. The summed E-state index contributed by atoms with van der Waals surface area (Å²) in [5.74, 6) is 0. The lowest BCUT2D eigenvalue weighted by Crippen LogP contribution is -2.13. The summed E-state index contributed by atoms with van der Waals surface area (Å²) in [4.78, 5) is 0.